The Bertz CT molecular complexity index is 282. The molecule has 2 atom stereocenters. The summed E-state index contributed by atoms with van der Waals surface area (Å²) in [7, 11) is 0. The monoisotopic (exact) mass is 286 g/mol. The van der Waals surface area contributed by atoms with Crippen LogP contribution in [-0.2, 0) is 4.79 Å². The largest absolute Gasteiger partial charge is 0.480 e. The van der Waals surface area contributed by atoms with Crippen molar-refractivity contribution in [1.29, 1.82) is 0 Å². The van der Waals surface area contributed by atoms with Crippen LogP contribution in [0.3, 0.4) is 0 Å². The minimum absolute atomic E-state index is 0.0764. The number of carbonyl (C=O) groups excluding carboxylic acids is 1. The number of hydrogen-bond acceptors (Lipinski definition) is 2. The zero-order valence-corrected chi connectivity index (χ0v) is 13.1. The van der Waals surface area contributed by atoms with Crippen LogP contribution in [0.15, 0.2) is 0 Å². The van der Waals surface area contributed by atoms with Gasteiger partial charge in [0, 0.05) is 6.04 Å². The lowest BCUT2D eigenvalue weighted by molar-refractivity contribution is -0.139. The van der Waals surface area contributed by atoms with Gasteiger partial charge in [-0.25, -0.2) is 9.59 Å². The van der Waals surface area contributed by atoms with E-state index in [4.69, 9.17) is 5.11 Å². The van der Waals surface area contributed by atoms with Crippen LogP contribution < -0.4 is 10.6 Å². The fourth-order valence-electron chi connectivity index (χ4n) is 2.04. The van der Waals surface area contributed by atoms with Crippen molar-refractivity contribution in [1.82, 2.24) is 10.6 Å². The lowest BCUT2D eigenvalue weighted by Crippen LogP contribution is -2.48. The Morgan fingerprint density at radius 1 is 0.950 bits per heavy atom. The first-order chi connectivity index (χ1) is 9.51. The van der Waals surface area contributed by atoms with Crippen LogP contribution in [0.25, 0.3) is 0 Å². The Hall–Kier alpha value is -1.26. The number of rotatable bonds is 11. The van der Waals surface area contributed by atoms with E-state index in [9.17, 15) is 9.59 Å². The van der Waals surface area contributed by atoms with Crippen molar-refractivity contribution in [3.05, 3.63) is 0 Å². The molecule has 0 aliphatic rings. The molecule has 0 rings (SSSR count). The average molecular weight is 286 g/mol. The normalized spacial score (nSPS) is 13.6. The third kappa shape index (κ3) is 9.64. The summed E-state index contributed by atoms with van der Waals surface area (Å²) >= 11 is 0. The summed E-state index contributed by atoms with van der Waals surface area (Å²) in [5, 5.41) is 14.4. The van der Waals surface area contributed by atoms with Crippen molar-refractivity contribution in [2.24, 2.45) is 0 Å². The number of aliphatic carboxylic acids is 1. The van der Waals surface area contributed by atoms with Crippen molar-refractivity contribution in [2.45, 2.75) is 84.2 Å². The van der Waals surface area contributed by atoms with E-state index in [-0.39, 0.29) is 12.1 Å². The molecular weight excluding hydrogens is 256 g/mol. The molecule has 2 amide bonds. The lowest BCUT2D eigenvalue weighted by Gasteiger charge is -2.18. The molecular formula is C15H30N2O3. The second-order valence-corrected chi connectivity index (χ2v) is 5.40. The SMILES string of the molecule is CCCCCCC(C)NC(=O)N[C@@H](CCCC)C(=O)O. The Labute approximate surface area is 122 Å². The van der Waals surface area contributed by atoms with E-state index in [0.29, 0.717) is 6.42 Å². The Morgan fingerprint density at radius 3 is 2.15 bits per heavy atom. The van der Waals surface area contributed by atoms with Crippen LogP contribution in [0.2, 0.25) is 0 Å². The third-order valence-electron chi connectivity index (χ3n) is 3.32. The van der Waals surface area contributed by atoms with Crippen LogP contribution in [0.1, 0.15) is 72.1 Å². The fraction of sp³-hybridized carbons (Fsp3) is 0.867. The molecule has 5 heteroatoms. The van der Waals surface area contributed by atoms with Crippen LogP contribution in [0.4, 0.5) is 4.79 Å². The highest BCUT2D eigenvalue weighted by molar-refractivity contribution is 5.82. The molecule has 0 spiro atoms. The van der Waals surface area contributed by atoms with Crippen LogP contribution in [0.5, 0.6) is 0 Å². The molecule has 0 radical (unpaired) electrons. The van der Waals surface area contributed by atoms with Gasteiger partial charge in [-0.1, -0.05) is 52.4 Å². The number of unbranched alkanes of at least 4 members (excludes halogenated alkanes) is 4. The molecule has 0 fully saturated rings. The maximum Gasteiger partial charge on any atom is 0.326 e. The van der Waals surface area contributed by atoms with Crippen molar-refractivity contribution in [3.8, 4) is 0 Å². The van der Waals surface area contributed by atoms with Gasteiger partial charge >= 0.3 is 12.0 Å². The van der Waals surface area contributed by atoms with E-state index in [1.807, 2.05) is 13.8 Å². The highest BCUT2D eigenvalue weighted by Gasteiger charge is 2.19. The molecule has 3 N–H and O–H groups in total. The maximum atomic E-state index is 11.7. The lowest BCUT2D eigenvalue weighted by atomic mass is 10.1. The minimum Gasteiger partial charge on any atom is -0.480 e. The summed E-state index contributed by atoms with van der Waals surface area (Å²) in [6.07, 6.45) is 7.80. The molecule has 1 unspecified atom stereocenters. The first kappa shape index (κ1) is 18.7. The maximum absolute atomic E-state index is 11.7. The minimum atomic E-state index is -0.968. The fourth-order valence-corrected chi connectivity index (χ4v) is 2.04. The van der Waals surface area contributed by atoms with Gasteiger partial charge in [-0.3, -0.25) is 0 Å². The topological polar surface area (TPSA) is 78.4 Å². The molecule has 0 aliphatic carbocycles. The molecule has 0 saturated carbocycles. The standard InChI is InChI=1S/C15H30N2O3/c1-4-6-8-9-10-12(3)16-15(20)17-13(14(18)19)11-7-5-2/h12-13H,4-11H2,1-3H3,(H,18,19)(H2,16,17,20)/t12?,13-/m0/s1. The molecule has 0 aromatic rings. The summed E-state index contributed by atoms with van der Waals surface area (Å²) in [6.45, 7) is 6.11. The first-order valence-corrected chi connectivity index (χ1v) is 7.81. The van der Waals surface area contributed by atoms with Crippen LogP contribution in [-0.4, -0.2) is 29.2 Å². The summed E-state index contributed by atoms with van der Waals surface area (Å²) in [5.74, 6) is -0.968. The summed E-state index contributed by atoms with van der Waals surface area (Å²) in [6, 6.07) is -1.09. The van der Waals surface area contributed by atoms with Crippen molar-refractivity contribution >= 4 is 12.0 Å². The van der Waals surface area contributed by atoms with E-state index in [2.05, 4.69) is 17.6 Å². The molecule has 118 valence electrons. The molecule has 20 heavy (non-hydrogen) atoms. The van der Waals surface area contributed by atoms with E-state index < -0.39 is 12.0 Å². The predicted octanol–water partition coefficient (Wildman–Crippen LogP) is 3.29. The quantitative estimate of drug-likeness (QED) is 0.510. The second-order valence-electron chi connectivity index (χ2n) is 5.40. The third-order valence-corrected chi connectivity index (χ3v) is 3.32. The molecule has 0 bridgehead atoms. The van der Waals surface area contributed by atoms with Crippen molar-refractivity contribution in [3.63, 3.8) is 0 Å². The molecule has 5 nitrogen and oxygen atoms in total. The van der Waals surface area contributed by atoms with Gasteiger partial charge in [0.2, 0.25) is 0 Å². The van der Waals surface area contributed by atoms with Gasteiger partial charge in [-0.05, 0) is 19.8 Å². The van der Waals surface area contributed by atoms with Gasteiger partial charge in [0.15, 0.2) is 0 Å². The number of carboxylic acids is 1. The van der Waals surface area contributed by atoms with Crippen molar-refractivity contribution < 1.29 is 14.7 Å². The zero-order valence-electron chi connectivity index (χ0n) is 13.1. The van der Waals surface area contributed by atoms with Gasteiger partial charge in [0.05, 0.1) is 0 Å². The smallest absolute Gasteiger partial charge is 0.326 e. The number of urea groups is 1. The predicted molar refractivity (Wildman–Crippen MR) is 80.8 cm³/mol. The highest BCUT2D eigenvalue weighted by atomic mass is 16.4. The van der Waals surface area contributed by atoms with E-state index in [1.165, 1.54) is 19.3 Å². The van der Waals surface area contributed by atoms with Crippen molar-refractivity contribution in [2.75, 3.05) is 0 Å². The van der Waals surface area contributed by atoms with Gasteiger partial charge < -0.3 is 15.7 Å². The van der Waals surface area contributed by atoms with E-state index in [0.717, 1.165) is 25.7 Å². The number of carboxylic acid groups (broad SMARTS) is 1. The zero-order chi connectivity index (χ0) is 15.4. The number of hydrogen-bond donors (Lipinski definition) is 3. The summed E-state index contributed by atoms with van der Waals surface area (Å²) in [4.78, 5) is 22.8. The van der Waals surface area contributed by atoms with Crippen LogP contribution >= 0.6 is 0 Å². The summed E-state index contributed by atoms with van der Waals surface area (Å²) in [5.41, 5.74) is 0. The molecule has 0 saturated heterocycles. The molecule has 0 aromatic heterocycles. The number of amides is 2. The molecule has 0 aromatic carbocycles. The average Bonchev–Trinajstić information content (AvgIpc) is 2.39. The van der Waals surface area contributed by atoms with E-state index >= 15 is 0 Å². The van der Waals surface area contributed by atoms with Gasteiger partial charge in [-0.15, -0.1) is 0 Å². The van der Waals surface area contributed by atoms with E-state index in [1.54, 1.807) is 0 Å². The van der Waals surface area contributed by atoms with Crippen LogP contribution in [0, 0.1) is 0 Å². The second kappa shape index (κ2) is 11.6. The van der Waals surface area contributed by atoms with Gasteiger partial charge in [-0.2, -0.15) is 0 Å². The Kier molecular flexibility index (Phi) is 10.8. The first-order valence-electron chi connectivity index (χ1n) is 7.81. The number of carbonyl (C=O) groups is 2. The Morgan fingerprint density at radius 2 is 1.60 bits per heavy atom. The molecule has 0 heterocycles. The highest BCUT2D eigenvalue weighted by Crippen LogP contribution is 2.05. The van der Waals surface area contributed by atoms with Gasteiger partial charge in [0.25, 0.3) is 0 Å². The summed E-state index contributed by atoms with van der Waals surface area (Å²) < 4.78 is 0. The number of nitrogens with one attached hydrogen (secondary N) is 2. The van der Waals surface area contributed by atoms with Gasteiger partial charge in [0.1, 0.15) is 6.04 Å². The molecule has 0 aliphatic heterocycles. The Balaban J connectivity index is 3.95.